The van der Waals surface area contributed by atoms with Gasteiger partial charge in [-0.25, -0.2) is 9.97 Å². The zero-order valence-electron chi connectivity index (χ0n) is 9.38. The van der Waals surface area contributed by atoms with Gasteiger partial charge in [0.2, 0.25) is 5.91 Å². The van der Waals surface area contributed by atoms with Crippen LogP contribution in [0.15, 0.2) is 35.4 Å². The Balaban J connectivity index is 1.73. The van der Waals surface area contributed by atoms with E-state index in [9.17, 15) is 4.79 Å². The summed E-state index contributed by atoms with van der Waals surface area (Å²) >= 11 is 1.49. The second-order valence-electron chi connectivity index (χ2n) is 3.84. The predicted octanol–water partition coefficient (Wildman–Crippen LogP) is 2.20. The average Bonchev–Trinajstić information content (AvgIpc) is 2.98. The van der Waals surface area contributed by atoms with Gasteiger partial charge in [-0.3, -0.25) is 4.79 Å². The summed E-state index contributed by atoms with van der Waals surface area (Å²) < 4.78 is 0. The Hall–Kier alpha value is -2.21. The van der Waals surface area contributed by atoms with E-state index in [4.69, 9.17) is 0 Å². The van der Waals surface area contributed by atoms with Gasteiger partial charge in [-0.15, -0.1) is 11.3 Å². The first-order valence-corrected chi connectivity index (χ1v) is 6.35. The van der Waals surface area contributed by atoms with Gasteiger partial charge in [0.05, 0.1) is 35.0 Å². The van der Waals surface area contributed by atoms with Crippen molar-refractivity contribution in [2.75, 3.05) is 5.32 Å². The van der Waals surface area contributed by atoms with E-state index in [2.05, 4.69) is 20.3 Å². The summed E-state index contributed by atoms with van der Waals surface area (Å²) in [6.45, 7) is 0. The fourth-order valence-corrected chi connectivity index (χ4v) is 2.27. The second kappa shape index (κ2) is 4.58. The highest BCUT2D eigenvalue weighted by molar-refractivity contribution is 7.07. The maximum Gasteiger partial charge on any atom is 0.230 e. The van der Waals surface area contributed by atoms with Crippen LogP contribution < -0.4 is 5.32 Å². The lowest BCUT2D eigenvalue weighted by Crippen LogP contribution is -2.14. The SMILES string of the molecule is O=C(Cc1cscn1)Nc1ccc2nc[nH]c2c1. The molecule has 2 N–H and O–H groups in total. The minimum Gasteiger partial charge on any atom is -0.345 e. The third-order valence-corrected chi connectivity index (χ3v) is 3.16. The van der Waals surface area contributed by atoms with E-state index in [1.807, 2.05) is 23.6 Å². The number of benzene rings is 1. The molecule has 0 saturated carbocycles. The Morgan fingerprint density at radius 2 is 2.33 bits per heavy atom. The van der Waals surface area contributed by atoms with Gasteiger partial charge < -0.3 is 10.3 Å². The molecule has 0 aliphatic heterocycles. The van der Waals surface area contributed by atoms with Crippen molar-refractivity contribution in [2.24, 2.45) is 0 Å². The molecule has 5 nitrogen and oxygen atoms in total. The maximum atomic E-state index is 11.8. The first-order chi connectivity index (χ1) is 8.81. The molecule has 0 spiro atoms. The summed E-state index contributed by atoms with van der Waals surface area (Å²) in [5, 5.41) is 4.71. The number of amides is 1. The van der Waals surface area contributed by atoms with Crippen molar-refractivity contribution < 1.29 is 4.79 Å². The Bertz CT molecular complexity index is 674. The maximum absolute atomic E-state index is 11.8. The van der Waals surface area contributed by atoms with Gasteiger partial charge >= 0.3 is 0 Å². The van der Waals surface area contributed by atoms with Crippen molar-refractivity contribution in [1.82, 2.24) is 15.0 Å². The predicted molar refractivity (Wildman–Crippen MR) is 70.5 cm³/mol. The minimum absolute atomic E-state index is 0.0697. The van der Waals surface area contributed by atoms with Crippen LogP contribution in [-0.4, -0.2) is 20.9 Å². The Morgan fingerprint density at radius 1 is 1.39 bits per heavy atom. The highest BCUT2D eigenvalue weighted by Gasteiger charge is 2.06. The summed E-state index contributed by atoms with van der Waals surface area (Å²) in [6, 6.07) is 5.56. The second-order valence-corrected chi connectivity index (χ2v) is 4.56. The van der Waals surface area contributed by atoms with Gasteiger partial charge in [0.25, 0.3) is 0 Å². The zero-order chi connectivity index (χ0) is 12.4. The lowest BCUT2D eigenvalue weighted by Gasteiger charge is -2.03. The molecule has 2 heterocycles. The number of hydrogen-bond acceptors (Lipinski definition) is 4. The number of thiazole rings is 1. The number of nitrogens with zero attached hydrogens (tertiary/aromatic N) is 2. The van der Waals surface area contributed by atoms with Gasteiger partial charge in [0, 0.05) is 11.1 Å². The van der Waals surface area contributed by atoms with Crippen molar-refractivity contribution in [3.63, 3.8) is 0 Å². The fourth-order valence-electron chi connectivity index (χ4n) is 1.71. The summed E-state index contributed by atoms with van der Waals surface area (Å²) in [4.78, 5) is 23.0. The van der Waals surface area contributed by atoms with Crippen molar-refractivity contribution in [2.45, 2.75) is 6.42 Å². The topological polar surface area (TPSA) is 70.7 Å². The average molecular weight is 258 g/mol. The molecule has 0 atom stereocenters. The molecule has 2 aromatic heterocycles. The van der Waals surface area contributed by atoms with Gasteiger partial charge in [-0.2, -0.15) is 0 Å². The lowest BCUT2D eigenvalue weighted by atomic mass is 10.2. The lowest BCUT2D eigenvalue weighted by molar-refractivity contribution is -0.115. The van der Waals surface area contributed by atoms with Crippen molar-refractivity contribution in [3.05, 3.63) is 41.1 Å². The largest absolute Gasteiger partial charge is 0.345 e. The van der Waals surface area contributed by atoms with Crippen LogP contribution in [0.3, 0.4) is 0 Å². The number of nitrogens with one attached hydrogen (secondary N) is 2. The van der Waals surface area contributed by atoms with Gasteiger partial charge in [-0.1, -0.05) is 0 Å². The fraction of sp³-hybridized carbons (Fsp3) is 0.0833. The van der Waals surface area contributed by atoms with Crippen LogP contribution in [0.5, 0.6) is 0 Å². The highest BCUT2D eigenvalue weighted by Crippen LogP contribution is 2.15. The van der Waals surface area contributed by atoms with Crippen molar-refractivity contribution in [3.8, 4) is 0 Å². The number of imidazole rings is 1. The Kier molecular flexibility index (Phi) is 2.77. The molecule has 1 aromatic carbocycles. The Morgan fingerprint density at radius 3 is 3.17 bits per heavy atom. The monoisotopic (exact) mass is 258 g/mol. The molecule has 1 amide bonds. The van der Waals surface area contributed by atoms with Crippen LogP contribution >= 0.6 is 11.3 Å². The molecule has 0 unspecified atom stereocenters. The first-order valence-electron chi connectivity index (χ1n) is 5.41. The molecule has 0 radical (unpaired) electrons. The van der Waals surface area contributed by atoms with E-state index in [1.165, 1.54) is 11.3 Å². The number of rotatable bonds is 3. The number of H-pyrrole nitrogens is 1. The van der Waals surface area contributed by atoms with Crippen LogP contribution in [0, 0.1) is 0 Å². The molecular weight excluding hydrogens is 248 g/mol. The number of anilines is 1. The molecule has 3 aromatic rings. The number of carbonyl (C=O) groups excluding carboxylic acids is 1. The smallest absolute Gasteiger partial charge is 0.230 e. The van der Waals surface area contributed by atoms with Gasteiger partial charge in [0.1, 0.15) is 0 Å². The quantitative estimate of drug-likeness (QED) is 0.756. The number of hydrogen-bond donors (Lipinski definition) is 2. The van der Waals surface area contributed by atoms with E-state index in [-0.39, 0.29) is 5.91 Å². The van der Waals surface area contributed by atoms with Crippen LogP contribution in [0.1, 0.15) is 5.69 Å². The molecule has 0 fully saturated rings. The van der Waals surface area contributed by atoms with Gasteiger partial charge in [-0.05, 0) is 18.2 Å². The molecular formula is C12H10N4OS. The number of aromatic nitrogens is 3. The standard InChI is InChI=1S/C12H10N4OS/c17-12(4-9-5-18-7-15-9)16-8-1-2-10-11(3-8)14-6-13-10/h1-3,5-7H,4H2,(H,13,14)(H,16,17). The minimum atomic E-state index is -0.0697. The summed E-state index contributed by atoms with van der Waals surface area (Å²) in [5.41, 5.74) is 5.06. The van der Waals surface area contributed by atoms with Crippen LogP contribution in [0.2, 0.25) is 0 Å². The van der Waals surface area contributed by atoms with E-state index < -0.39 is 0 Å². The molecule has 6 heteroatoms. The van der Waals surface area contributed by atoms with E-state index in [0.29, 0.717) is 6.42 Å². The van der Waals surface area contributed by atoms with Crippen molar-refractivity contribution in [1.29, 1.82) is 0 Å². The number of aromatic amines is 1. The summed E-state index contributed by atoms with van der Waals surface area (Å²) in [7, 11) is 0. The van der Waals surface area contributed by atoms with E-state index in [0.717, 1.165) is 22.4 Å². The third kappa shape index (κ3) is 2.23. The van der Waals surface area contributed by atoms with Gasteiger partial charge in [0.15, 0.2) is 0 Å². The van der Waals surface area contributed by atoms with Crippen LogP contribution in [-0.2, 0) is 11.2 Å². The molecule has 0 saturated heterocycles. The zero-order valence-corrected chi connectivity index (χ0v) is 10.2. The summed E-state index contributed by atoms with van der Waals surface area (Å²) in [5.74, 6) is -0.0697. The molecule has 0 aliphatic carbocycles. The first kappa shape index (κ1) is 10.9. The van der Waals surface area contributed by atoms with Crippen LogP contribution in [0.4, 0.5) is 5.69 Å². The highest BCUT2D eigenvalue weighted by atomic mass is 32.1. The molecule has 0 aliphatic rings. The molecule has 3 rings (SSSR count). The third-order valence-electron chi connectivity index (χ3n) is 2.53. The molecule has 90 valence electrons. The van der Waals surface area contributed by atoms with E-state index >= 15 is 0 Å². The number of carbonyl (C=O) groups is 1. The Labute approximate surface area is 107 Å². The van der Waals surface area contributed by atoms with Crippen molar-refractivity contribution >= 4 is 34.0 Å². The normalized spacial score (nSPS) is 10.7. The van der Waals surface area contributed by atoms with E-state index in [1.54, 1.807) is 11.8 Å². The van der Waals surface area contributed by atoms with Crippen LogP contribution in [0.25, 0.3) is 11.0 Å². The molecule has 0 bridgehead atoms. The summed E-state index contributed by atoms with van der Waals surface area (Å²) in [6.07, 6.45) is 1.93. The molecule has 18 heavy (non-hydrogen) atoms. The number of fused-ring (bicyclic) bond motifs is 1.